The van der Waals surface area contributed by atoms with Crippen molar-refractivity contribution >= 4 is 15.9 Å². The molecule has 3 N–H and O–H groups in total. The van der Waals surface area contributed by atoms with Crippen LogP contribution in [0.5, 0.6) is 0 Å². The first-order valence-corrected chi connectivity index (χ1v) is 6.70. The van der Waals surface area contributed by atoms with E-state index in [0.29, 0.717) is 12.0 Å². The molecule has 0 aliphatic heterocycles. The monoisotopic (exact) mass is 326 g/mol. The maximum absolute atomic E-state index is 13.8. The van der Waals surface area contributed by atoms with Crippen molar-refractivity contribution < 1.29 is 4.39 Å². The first-order valence-electron chi connectivity index (χ1n) is 5.91. The predicted molar refractivity (Wildman–Crippen MR) is 75.8 cm³/mol. The summed E-state index contributed by atoms with van der Waals surface area (Å²) in [7, 11) is 1.87. The highest BCUT2D eigenvalue weighted by atomic mass is 79.9. The molecular formula is C13H16BrFN4. The Kier molecular flexibility index (Phi) is 4.34. The van der Waals surface area contributed by atoms with Crippen LogP contribution < -0.4 is 11.3 Å². The van der Waals surface area contributed by atoms with Gasteiger partial charge in [0.05, 0.1) is 12.2 Å². The van der Waals surface area contributed by atoms with Gasteiger partial charge in [0.25, 0.3) is 0 Å². The highest BCUT2D eigenvalue weighted by molar-refractivity contribution is 9.10. The number of aryl methyl sites for hydroxylation is 1. The van der Waals surface area contributed by atoms with E-state index < -0.39 is 0 Å². The zero-order valence-electron chi connectivity index (χ0n) is 10.8. The van der Waals surface area contributed by atoms with E-state index in [2.05, 4.69) is 26.5 Å². The van der Waals surface area contributed by atoms with Gasteiger partial charge in [-0.15, -0.1) is 0 Å². The molecule has 4 nitrogen and oxygen atoms in total. The zero-order valence-corrected chi connectivity index (χ0v) is 12.4. The third-order valence-corrected chi connectivity index (χ3v) is 3.78. The molecule has 102 valence electrons. The molecule has 1 unspecified atom stereocenters. The number of aromatic nitrogens is 2. The molecule has 19 heavy (non-hydrogen) atoms. The van der Waals surface area contributed by atoms with E-state index >= 15 is 0 Å². The Balaban J connectivity index is 2.26. The molecule has 1 aromatic heterocycles. The number of benzene rings is 1. The maximum atomic E-state index is 13.8. The lowest BCUT2D eigenvalue weighted by atomic mass is 10.00. The Bertz CT molecular complexity index is 582. The summed E-state index contributed by atoms with van der Waals surface area (Å²) in [5.41, 5.74) is 5.34. The molecule has 0 spiro atoms. The van der Waals surface area contributed by atoms with Crippen molar-refractivity contribution in [3.05, 3.63) is 51.5 Å². The molecular weight excluding hydrogens is 311 g/mol. The molecule has 2 aromatic rings. The normalized spacial score (nSPS) is 12.7. The molecule has 0 aliphatic carbocycles. The van der Waals surface area contributed by atoms with Crippen LogP contribution in [0.15, 0.2) is 28.9 Å². The highest BCUT2D eigenvalue weighted by Crippen LogP contribution is 2.23. The van der Waals surface area contributed by atoms with Crippen molar-refractivity contribution in [3.63, 3.8) is 0 Å². The van der Waals surface area contributed by atoms with Crippen LogP contribution in [0.2, 0.25) is 0 Å². The Morgan fingerprint density at radius 2 is 2.26 bits per heavy atom. The van der Waals surface area contributed by atoms with Crippen LogP contribution in [0.25, 0.3) is 0 Å². The van der Waals surface area contributed by atoms with Crippen molar-refractivity contribution in [1.29, 1.82) is 0 Å². The van der Waals surface area contributed by atoms with E-state index in [4.69, 9.17) is 5.84 Å². The first-order chi connectivity index (χ1) is 9.02. The molecule has 6 heteroatoms. The van der Waals surface area contributed by atoms with Gasteiger partial charge in [-0.1, -0.05) is 22.0 Å². The molecule has 0 aliphatic rings. The molecule has 1 heterocycles. The van der Waals surface area contributed by atoms with Crippen LogP contribution in [-0.4, -0.2) is 9.78 Å². The zero-order chi connectivity index (χ0) is 14.0. The van der Waals surface area contributed by atoms with Crippen LogP contribution in [0.3, 0.4) is 0 Å². The summed E-state index contributed by atoms with van der Waals surface area (Å²) in [6, 6.07) is 4.88. The summed E-state index contributed by atoms with van der Waals surface area (Å²) >= 11 is 3.25. The Labute approximate surface area is 119 Å². The average molecular weight is 327 g/mol. The lowest BCUT2D eigenvalue weighted by molar-refractivity contribution is 0.526. The second-order valence-corrected chi connectivity index (χ2v) is 5.38. The van der Waals surface area contributed by atoms with Crippen LogP contribution in [0.4, 0.5) is 4.39 Å². The van der Waals surface area contributed by atoms with Gasteiger partial charge in [0.1, 0.15) is 5.82 Å². The van der Waals surface area contributed by atoms with Gasteiger partial charge in [0, 0.05) is 22.8 Å². The summed E-state index contributed by atoms with van der Waals surface area (Å²) < 4.78 is 16.4. The minimum absolute atomic E-state index is 0.163. The second-order valence-electron chi connectivity index (χ2n) is 4.47. The van der Waals surface area contributed by atoms with Gasteiger partial charge in [-0.2, -0.15) is 5.10 Å². The molecule has 0 fully saturated rings. The fourth-order valence-corrected chi connectivity index (χ4v) is 2.36. The van der Waals surface area contributed by atoms with Crippen LogP contribution >= 0.6 is 15.9 Å². The topological polar surface area (TPSA) is 55.9 Å². The predicted octanol–water partition coefficient (Wildman–Crippen LogP) is 2.38. The second kappa shape index (κ2) is 5.81. The van der Waals surface area contributed by atoms with Crippen LogP contribution in [-0.2, 0) is 13.5 Å². The molecule has 0 radical (unpaired) electrons. The van der Waals surface area contributed by atoms with Gasteiger partial charge in [-0.05, 0) is 31.0 Å². The van der Waals surface area contributed by atoms with Crippen molar-refractivity contribution in [3.8, 4) is 0 Å². The van der Waals surface area contributed by atoms with Gasteiger partial charge in [0.2, 0.25) is 0 Å². The minimum Gasteiger partial charge on any atom is -0.273 e. The van der Waals surface area contributed by atoms with Crippen molar-refractivity contribution in [1.82, 2.24) is 15.2 Å². The van der Waals surface area contributed by atoms with E-state index in [1.54, 1.807) is 16.9 Å². The fraction of sp³-hybridized carbons (Fsp3) is 0.308. The van der Waals surface area contributed by atoms with E-state index in [1.807, 2.05) is 20.0 Å². The quantitative estimate of drug-likeness (QED) is 0.670. The van der Waals surface area contributed by atoms with Gasteiger partial charge < -0.3 is 0 Å². The number of rotatable bonds is 4. The SMILES string of the molecule is Cc1c(C(Cc2ccc(Br)cc2F)NN)cnn1C. The van der Waals surface area contributed by atoms with E-state index in [1.165, 1.54) is 6.07 Å². The van der Waals surface area contributed by atoms with E-state index in [0.717, 1.165) is 15.7 Å². The molecule has 1 atom stereocenters. The van der Waals surface area contributed by atoms with Crippen molar-refractivity contribution in [2.45, 2.75) is 19.4 Å². The molecule has 1 aromatic carbocycles. The number of nitrogens with zero attached hydrogens (tertiary/aromatic N) is 2. The Morgan fingerprint density at radius 1 is 1.53 bits per heavy atom. The lowest BCUT2D eigenvalue weighted by Gasteiger charge is -2.16. The van der Waals surface area contributed by atoms with E-state index in [9.17, 15) is 4.39 Å². The number of halogens is 2. The first kappa shape index (κ1) is 14.2. The number of hydrazine groups is 1. The third kappa shape index (κ3) is 3.02. The summed E-state index contributed by atoms with van der Waals surface area (Å²) in [6.07, 6.45) is 2.23. The number of hydrogen-bond acceptors (Lipinski definition) is 3. The summed E-state index contributed by atoms with van der Waals surface area (Å²) in [4.78, 5) is 0. The minimum atomic E-state index is -0.240. The highest BCUT2D eigenvalue weighted by Gasteiger charge is 2.17. The van der Waals surface area contributed by atoms with Crippen LogP contribution in [0, 0.1) is 12.7 Å². The average Bonchev–Trinajstić information content (AvgIpc) is 2.70. The van der Waals surface area contributed by atoms with Gasteiger partial charge in [-0.3, -0.25) is 16.0 Å². The Hall–Kier alpha value is -1.24. The van der Waals surface area contributed by atoms with Crippen molar-refractivity contribution in [2.75, 3.05) is 0 Å². The largest absolute Gasteiger partial charge is 0.273 e. The molecule has 2 rings (SSSR count). The summed E-state index contributed by atoms with van der Waals surface area (Å²) in [6.45, 7) is 1.96. The third-order valence-electron chi connectivity index (χ3n) is 3.29. The standard InChI is InChI=1S/C13H16BrFN4/c1-8-11(7-17-19(8)2)13(18-16)5-9-3-4-10(14)6-12(9)15/h3-4,6-7,13,18H,5,16H2,1-2H3. The van der Waals surface area contributed by atoms with Crippen LogP contribution in [0.1, 0.15) is 22.9 Å². The molecule has 0 amide bonds. The molecule has 0 saturated heterocycles. The van der Waals surface area contributed by atoms with Gasteiger partial charge in [-0.25, -0.2) is 4.39 Å². The smallest absolute Gasteiger partial charge is 0.127 e. The number of nitrogens with one attached hydrogen (secondary N) is 1. The molecule has 0 bridgehead atoms. The molecule has 0 saturated carbocycles. The van der Waals surface area contributed by atoms with E-state index in [-0.39, 0.29) is 11.9 Å². The number of nitrogens with two attached hydrogens (primary N) is 1. The fourth-order valence-electron chi connectivity index (χ4n) is 2.02. The maximum Gasteiger partial charge on any atom is 0.127 e. The number of hydrogen-bond donors (Lipinski definition) is 2. The van der Waals surface area contributed by atoms with Gasteiger partial charge in [0.15, 0.2) is 0 Å². The lowest BCUT2D eigenvalue weighted by Crippen LogP contribution is -2.30. The van der Waals surface area contributed by atoms with Crippen molar-refractivity contribution in [2.24, 2.45) is 12.9 Å². The summed E-state index contributed by atoms with van der Waals surface area (Å²) in [5, 5.41) is 4.18. The van der Waals surface area contributed by atoms with Gasteiger partial charge >= 0.3 is 0 Å². The summed E-state index contributed by atoms with van der Waals surface area (Å²) in [5.74, 6) is 5.35. The Morgan fingerprint density at radius 3 is 2.79 bits per heavy atom.